The molecule has 0 saturated heterocycles. The molecule has 0 bridgehead atoms. The van der Waals surface area contributed by atoms with Gasteiger partial charge in [0.2, 0.25) is 0 Å². The van der Waals surface area contributed by atoms with Gasteiger partial charge in [-0.2, -0.15) is 0 Å². The Bertz CT molecular complexity index is 63.1. The van der Waals surface area contributed by atoms with Gasteiger partial charge in [0.05, 0.1) is 0 Å². The normalized spacial score (nSPS) is 10.4. The smallest absolute Gasteiger partial charge is 0.0466 e. The molecule has 0 aliphatic heterocycles. The van der Waals surface area contributed by atoms with E-state index in [0.717, 1.165) is 31.9 Å². The topological polar surface area (TPSA) is 9.23 Å². The molecule has 0 heterocycles. The molecule has 0 saturated carbocycles. The van der Waals surface area contributed by atoms with Crippen molar-refractivity contribution in [2.24, 2.45) is 0 Å². The summed E-state index contributed by atoms with van der Waals surface area (Å²) in [4.78, 5) is 0. The predicted octanol–water partition coefficient (Wildman–Crippen LogP) is 3.24. The molecule has 0 atom stereocenters. The molecule has 0 radical (unpaired) electrons. The van der Waals surface area contributed by atoms with E-state index in [1.54, 1.807) is 0 Å². The van der Waals surface area contributed by atoms with E-state index < -0.39 is 0 Å². The molecule has 0 aliphatic carbocycles. The summed E-state index contributed by atoms with van der Waals surface area (Å²) in [7, 11) is 0. The fourth-order valence-electron chi connectivity index (χ4n) is 0.699. The molecule has 68 valence electrons. The van der Waals surface area contributed by atoms with Crippen LogP contribution in [-0.2, 0) is 4.74 Å². The van der Waals surface area contributed by atoms with Crippen molar-refractivity contribution in [3.05, 3.63) is 0 Å². The van der Waals surface area contributed by atoms with Gasteiger partial charge in [-0.05, 0) is 30.1 Å². The van der Waals surface area contributed by atoms with Crippen LogP contribution < -0.4 is 0 Å². The van der Waals surface area contributed by atoms with Crippen LogP contribution in [0.4, 0.5) is 0 Å². The van der Waals surface area contributed by atoms with E-state index >= 15 is 0 Å². The zero-order valence-electron chi connectivity index (χ0n) is 6.82. The number of hydrogen-bond donors (Lipinski definition) is 0. The first-order valence-electron chi connectivity index (χ1n) is 4.11. The van der Waals surface area contributed by atoms with Crippen molar-refractivity contribution in [1.82, 2.24) is 0 Å². The molecule has 0 fully saturated rings. The average Bonchev–Trinajstić information content (AvgIpc) is 2.03. The number of hydrogen-bond acceptors (Lipinski definition) is 1. The van der Waals surface area contributed by atoms with Gasteiger partial charge >= 0.3 is 0 Å². The molecule has 0 aromatic rings. The van der Waals surface area contributed by atoms with Gasteiger partial charge in [-0.25, -0.2) is 0 Å². The van der Waals surface area contributed by atoms with Crippen LogP contribution in [0.25, 0.3) is 0 Å². The molecule has 0 aromatic carbocycles. The van der Waals surface area contributed by atoms with Gasteiger partial charge in [0.1, 0.15) is 0 Å². The third-order valence-corrected chi connectivity index (χ3v) is 2.37. The van der Waals surface area contributed by atoms with Crippen molar-refractivity contribution >= 4 is 34.2 Å². The fourth-order valence-corrected chi connectivity index (χ4v) is 1.43. The summed E-state index contributed by atoms with van der Waals surface area (Å²) in [6.45, 7) is 1.80. The molecule has 0 aromatic heterocycles. The van der Waals surface area contributed by atoms with Crippen LogP contribution in [0.2, 0.25) is 0 Å². The Balaban J connectivity index is 2.69. The second-order valence-electron chi connectivity index (χ2n) is 2.40. The lowest BCUT2D eigenvalue weighted by Gasteiger charge is -2.01. The lowest BCUT2D eigenvalue weighted by atomic mass is 10.3. The highest BCUT2D eigenvalue weighted by atomic mass is 127. The van der Waals surface area contributed by atoms with Crippen molar-refractivity contribution < 1.29 is 4.74 Å². The third kappa shape index (κ3) is 11.0. The molecule has 0 spiro atoms. The second-order valence-corrected chi connectivity index (χ2v) is 3.86. The van der Waals surface area contributed by atoms with E-state index in [4.69, 9.17) is 16.3 Å². The Kier molecular flexibility index (Phi) is 12.0. The van der Waals surface area contributed by atoms with E-state index in [-0.39, 0.29) is 0 Å². The molecule has 3 heteroatoms. The molecular weight excluding hydrogens is 274 g/mol. The van der Waals surface area contributed by atoms with Crippen LogP contribution in [-0.4, -0.2) is 23.5 Å². The number of rotatable bonds is 8. The van der Waals surface area contributed by atoms with Crippen molar-refractivity contribution in [2.45, 2.75) is 25.7 Å². The first kappa shape index (κ1) is 12.0. The Morgan fingerprint density at radius 3 is 2.18 bits per heavy atom. The lowest BCUT2D eigenvalue weighted by molar-refractivity contribution is 0.129. The number of halogens is 2. The van der Waals surface area contributed by atoms with E-state index in [1.807, 2.05) is 0 Å². The molecule has 0 N–H and O–H groups in total. The Morgan fingerprint density at radius 2 is 1.64 bits per heavy atom. The number of alkyl halides is 2. The van der Waals surface area contributed by atoms with Crippen molar-refractivity contribution in [3.8, 4) is 0 Å². The maximum Gasteiger partial charge on any atom is 0.0466 e. The number of ether oxygens (including phenoxy) is 1. The van der Waals surface area contributed by atoms with Gasteiger partial charge < -0.3 is 4.74 Å². The van der Waals surface area contributed by atoms with Gasteiger partial charge in [0.25, 0.3) is 0 Å². The molecule has 0 aliphatic rings. The zero-order valence-corrected chi connectivity index (χ0v) is 9.73. The standard InChI is InChI=1S/C8H16ClIO/c9-5-1-3-7-11-8-4-2-6-10/h1-8H2. The average molecular weight is 291 g/mol. The lowest BCUT2D eigenvalue weighted by Crippen LogP contribution is -1.97. The largest absolute Gasteiger partial charge is 0.381 e. The minimum atomic E-state index is 0.761. The summed E-state index contributed by atoms with van der Waals surface area (Å²) in [5.74, 6) is 0.761. The highest BCUT2D eigenvalue weighted by molar-refractivity contribution is 14.1. The summed E-state index contributed by atoms with van der Waals surface area (Å²) < 4.78 is 6.61. The molecule has 0 amide bonds. The van der Waals surface area contributed by atoms with Crippen molar-refractivity contribution in [3.63, 3.8) is 0 Å². The van der Waals surface area contributed by atoms with Gasteiger partial charge in [0.15, 0.2) is 0 Å². The van der Waals surface area contributed by atoms with E-state index in [2.05, 4.69) is 22.6 Å². The van der Waals surface area contributed by atoms with Gasteiger partial charge in [-0.3, -0.25) is 0 Å². The van der Waals surface area contributed by atoms with Crippen LogP contribution >= 0.6 is 34.2 Å². The summed E-state index contributed by atoms with van der Waals surface area (Å²) in [5, 5.41) is 0. The highest BCUT2D eigenvalue weighted by Gasteiger charge is 1.88. The Hall–Kier alpha value is 0.980. The van der Waals surface area contributed by atoms with Crippen molar-refractivity contribution in [1.29, 1.82) is 0 Å². The number of unbranched alkanes of at least 4 members (excludes halogenated alkanes) is 2. The van der Waals surface area contributed by atoms with Crippen LogP contribution in [0, 0.1) is 0 Å². The van der Waals surface area contributed by atoms with E-state index in [9.17, 15) is 0 Å². The third-order valence-electron chi connectivity index (χ3n) is 1.34. The zero-order chi connectivity index (χ0) is 8.36. The van der Waals surface area contributed by atoms with Gasteiger partial charge in [-0.1, -0.05) is 22.6 Å². The second kappa shape index (κ2) is 11.0. The molecule has 0 rings (SSSR count). The summed E-state index contributed by atoms with van der Waals surface area (Å²) in [5.41, 5.74) is 0. The highest BCUT2D eigenvalue weighted by Crippen LogP contribution is 1.97. The molecule has 1 nitrogen and oxygen atoms in total. The first-order chi connectivity index (χ1) is 5.41. The fraction of sp³-hybridized carbons (Fsp3) is 1.00. The quantitative estimate of drug-likeness (QED) is 0.379. The van der Waals surface area contributed by atoms with Crippen LogP contribution in [0.15, 0.2) is 0 Å². The van der Waals surface area contributed by atoms with Crippen molar-refractivity contribution in [2.75, 3.05) is 23.5 Å². The first-order valence-corrected chi connectivity index (χ1v) is 6.17. The molecular formula is C8H16ClIO. The van der Waals surface area contributed by atoms with Crippen LogP contribution in [0.1, 0.15) is 25.7 Å². The Morgan fingerprint density at radius 1 is 1.00 bits per heavy atom. The molecule has 11 heavy (non-hydrogen) atoms. The molecule has 0 unspecified atom stereocenters. The summed E-state index contributed by atoms with van der Waals surface area (Å²) >= 11 is 7.90. The van der Waals surface area contributed by atoms with Crippen LogP contribution in [0.5, 0.6) is 0 Å². The van der Waals surface area contributed by atoms with E-state index in [0.29, 0.717) is 0 Å². The predicted molar refractivity (Wildman–Crippen MR) is 58.9 cm³/mol. The van der Waals surface area contributed by atoms with E-state index in [1.165, 1.54) is 17.3 Å². The maximum absolute atomic E-state index is 5.51. The monoisotopic (exact) mass is 290 g/mol. The maximum atomic E-state index is 5.51. The van der Waals surface area contributed by atoms with Gasteiger partial charge in [-0.15, -0.1) is 11.6 Å². The summed E-state index contributed by atoms with van der Waals surface area (Å²) in [6, 6.07) is 0. The minimum Gasteiger partial charge on any atom is -0.381 e. The summed E-state index contributed by atoms with van der Waals surface area (Å²) in [6.07, 6.45) is 4.65. The minimum absolute atomic E-state index is 0.761. The SMILES string of the molecule is ClCCCCOCCCCI. The van der Waals surface area contributed by atoms with Gasteiger partial charge in [0, 0.05) is 19.1 Å². The van der Waals surface area contributed by atoms with Crippen LogP contribution in [0.3, 0.4) is 0 Å². The Labute approximate surface area is 88.0 Å².